The fourth-order valence-electron chi connectivity index (χ4n) is 3.49. The molecule has 1 fully saturated rings. The van der Waals surface area contributed by atoms with Crippen LogP contribution in [0, 0.1) is 0 Å². The van der Waals surface area contributed by atoms with Gasteiger partial charge in [0.25, 0.3) is 0 Å². The van der Waals surface area contributed by atoms with Gasteiger partial charge in [-0.3, -0.25) is 4.79 Å². The van der Waals surface area contributed by atoms with E-state index in [4.69, 9.17) is 9.47 Å². The molecule has 26 heavy (non-hydrogen) atoms. The Morgan fingerprint density at radius 1 is 1.08 bits per heavy atom. The molecule has 4 heteroatoms. The Morgan fingerprint density at radius 3 is 2.54 bits per heavy atom. The third-order valence-corrected chi connectivity index (χ3v) is 4.87. The van der Waals surface area contributed by atoms with Crippen molar-refractivity contribution >= 4 is 5.91 Å². The number of hydrogen-bond acceptors (Lipinski definition) is 3. The van der Waals surface area contributed by atoms with E-state index in [2.05, 4.69) is 29.2 Å². The number of nitrogens with zero attached hydrogens (tertiary/aromatic N) is 1. The van der Waals surface area contributed by atoms with Crippen LogP contribution >= 0.6 is 0 Å². The minimum Gasteiger partial charge on any atom is -0.497 e. The first-order valence-electron chi connectivity index (χ1n) is 9.36. The van der Waals surface area contributed by atoms with Crippen molar-refractivity contribution < 1.29 is 14.3 Å². The fraction of sp³-hybridized carbons (Fsp3) is 0.409. The van der Waals surface area contributed by atoms with Crippen LogP contribution in [-0.2, 0) is 11.2 Å². The Balaban J connectivity index is 1.42. The molecule has 1 saturated heterocycles. The molecule has 0 aliphatic carbocycles. The van der Waals surface area contributed by atoms with Crippen molar-refractivity contribution in [3.05, 3.63) is 60.2 Å². The normalized spacial score (nSPS) is 16.5. The van der Waals surface area contributed by atoms with E-state index in [0.29, 0.717) is 19.1 Å². The maximum absolute atomic E-state index is 12.6. The molecular formula is C22H27NO3. The van der Waals surface area contributed by atoms with Gasteiger partial charge in [0.15, 0.2) is 0 Å². The molecule has 0 saturated carbocycles. The second-order valence-corrected chi connectivity index (χ2v) is 6.70. The summed E-state index contributed by atoms with van der Waals surface area (Å²) in [6, 6.07) is 18.3. The number of hydrogen-bond donors (Lipinski definition) is 0. The van der Waals surface area contributed by atoms with Crippen LogP contribution in [0.3, 0.4) is 0 Å². The summed E-state index contributed by atoms with van der Waals surface area (Å²) in [5, 5.41) is 0. The van der Waals surface area contributed by atoms with Crippen molar-refractivity contribution in [2.45, 2.75) is 38.1 Å². The van der Waals surface area contributed by atoms with Crippen molar-refractivity contribution in [1.29, 1.82) is 0 Å². The van der Waals surface area contributed by atoms with Crippen LogP contribution in [-0.4, -0.2) is 37.1 Å². The van der Waals surface area contributed by atoms with E-state index in [1.807, 2.05) is 30.3 Å². The SMILES string of the molecule is COc1ccc(OCCCC(=O)N2CCCC2Cc2ccccc2)cc1. The van der Waals surface area contributed by atoms with Gasteiger partial charge in [-0.1, -0.05) is 30.3 Å². The Kier molecular flexibility index (Phi) is 6.53. The lowest BCUT2D eigenvalue weighted by molar-refractivity contribution is -0.132. The molecule has 0 bridgehead atoms. The zero-order valence-electron chi connectivity index (χ0n) is 15.4. The van der Waals surface area contributed by atoms with E-state index < -0.39 is 0 Å². The van der Waals surface area contributed by atoms with Crippen LogP contribution < -0.4 is 9.47 Å². The molecule has 3 rings (SSSR count). The molecule has 2 aromatic carbocycles. The van der Waals surface area contributed by atoms with E-state index in [1.165, 1.54) is 5.56 Å². The second kappa shape index (κ2) is 9.27. The van der Waals surface area contributed by atoms with Gasteiger partial charge in [0.2, 0.25) is 5.91 Å². The summed E-state index contributed by atoms with van der Waals surface area (Å²) < 4.78 is 10.8. The molecule has 0 radical (unpaired) electrons. The van der Waals surface area contributed by atoms with Crippen LogP contribution in [0.5, 0.6) is 11.5 Å². The third kappa shape index (κ3) is 5.01. The summed E-state index contributed by atoms with van der Waals surface area (Å²) in [6.45, 7) is 1.44. The lowest BCUT2D eigenvalue weighted by Crippen LogP contribution is -2.36. The van der Waals surface area contributed by atoms with Crippen LogP contribution in [0.15, 0.2) is 54.6 Å². The Labute approximate surface area is 155 Å². The summed E-state index contributed by atoms with van der Waals surface area (Å²) in [4.78, 5) is 14.7. The highest BCUT2D eigenvalue weighted by molar-refractivity contribution is 5.76. The predicted octanol–water partition coefficient (Wildman–Crippen LogP) is 4.09. The van der Waals surface area contributed by atoms with Crippen molar-refractivity contribution in [3.8, 4) is 11.5 Å². The quantitative estimate of drug-likeness (QED) is 0.671. The standard InChI is InChI=1S/C22H27NO3/c1-25-20-11-13-21(14-12-20)26-16-6-10-22(24)23-15-5-9-19(23)17-18-7-3-2-4-8-18/h2-4,7-8,11-14,19H,5-6,9-10,15-17H2,1H3. The summed E-state index contributed by atoms with van der Waals surface area (Å²) >= 11 is 0. The number of ether oxygens (including phenoxy) is 2. The molecule has 1 amide bonds. The van der Waals surface area contributed by atoms with Crippen LogP contribution in [0.2, 0.25) is 0 Å². The Hall–Kier alpha value is -2.49. The highest BCUT2D eigenvalue weighted by Gasteiger charge is 2.28. The van der Waals surface area contributed by atoms with Crippen molar-refractivity contribution in [2.24, 2.45) is 0 Å². The van der Waals surface area contributed by atoms with Gasteiger partial charge in [-0.05, 0) is 55.5 Å². The molecule has 1 aliphatic heterocycles. The van der Waals surface area contributed by atoms with Crippen molar-refractivity contribution in [2.75, 3.05) is 20.3 Å². The number of carbonyl (C=O) groups is 1. The fourth-order valence-corrected chi connectivity index (χ4v) is 3.49. The van der Waals surface area contributed by atoms with Crippen molar-refractivity contribution in [3.63, 3.8) is 0 Å². The summed E-state index contributed by atoms with van der Waals surface area (Å²) in [5.41, 5.74) is 1.31. The molecule has 1 aliphatic rings. The molecule has 0 spiro atoms. The molecule has 1 unspecified atom stereocenters. The topological polar surface area (TPSA) is 38.8 Å². The molecular weight excluding hydrogens is 326 g/mol. The number of amides is 1. The summed E-state index contributed by atoms with van der Waals surface area (Å²) in [6.07, 6.45) is 4.43. The Morgan fingerprint density at radius 2 is 1.81 bits per heavy atom. The molecule has 138 valence electrons. The molecule has 0 N–H and O–H groups in total. The van der Waals surface area contributed by atoms with Gasteiger partial charge in [-0.2, -0.15) is 0 Å². The van der Waals surface area contributed by atoms with Gasteiger partial charge in [0, 0.05) is 19.0 Å². The molecule has 4 nitrogen and oxygen atoms in total. The highest BCUT2D eigenvalue weighted by Crippen LogP contribution is 2.22. The minimum absolute atomic E-state index is 0.252. The van der Waals surface area contributed by atoms with Gasteiger partial charge >= 0.3 is 0 Å². The van der Waals surface area contributed by atoms with E-state index in [0.717, 1.165) is 43.7 Å². The first kappa shape index (κ1) is 18.3. The number of likely N-dealkylation sites (tertiary alicyclic amines) is 1. The Bertz CT molecular complexity index is 684. The van der Waals surface area contributed by atoms with Gasteiger partial charge < -0.3 is 14.4 Å². The number of carbonyl (C=O) groups excluding carboxylic acids is 1. The zero-order chi connectivity index (χ0) is 18.2. The first-order valence-corrected chi connectivity index (χ1v) is 9.36. The van der Waals surface area contributed by atoms with Crippen LogP contribution in [0.4, 0.5) is 0 Å². The van der Waals surface area contributed by atoms with E-state index >= 15 is 0 Å². The average Bonchev–Trinajstić information content (AvgIpc) is 3.14. The largest absolute Gasteiger partial charge is 0.497 e. The average molecular weight is 353 g/mol. The summed E-state index contributed by atoms with van der Waals surface area (Å²) in [5.74, 6) is 1.87. The van der Waals surface area contributed by atoms with E-state index in [-0.39, 0.29) is 5.91 Å². The zero-order valence-corrected chi connectivity index (χ0v) is 15.4. The van der Waals surface area contributed by atoms with Crippen molar-refractivity contribution in [1.82, 2.24) is 4.90 Å². The molecule has 2 aromatic rings. The minimum atomic E-state index is 0.252. The van der Waals surface area contributed by atoms with Gasteiger partial charge in [0.1, 0.15) is 11.5 Å². The number of methoxy groups -OCH3 is 1. The lowest BCUT2D eigenvalue weighted by atomic mass is 10.0. The maximum atomic E-state index is 12.6. The maximum Gasteiger partial charge on any atom is 0.222 e. The molecule has 0 aromatic heterocycles. The van der Waals surface area contributed by atoms with Gasteiger partial charge in [-0.15, -0.1) is 0 Å². The third-order valence-electron chi connectivity index (χ3n) is 4.87. The highest BCUT2D eigenvalue weighted by atomic mass is 16.5. The first-order chi connectivity index (χ1) is 12.8. The summed E-state index contributed by atoms with van der Waals surface area (Å²) in [7, 11) is 1.64. The van der Waals surface area contributed by atoms with Crippen LogP contribution in [0.1, 0.15) is 31.2 Å². The lowest BCUT2D eigenvalue weighted by Gasteiger charge is -2.25. The predicted molar refractivity (Wildman–Crippen MR) is 103 cm³/mol. The number of benzene rings is 2. The monoisotopic (exact) mass is 353 g/mol. The van der Waals surface area contributed by atoms with Crippen LogP contribution in [0.25, 0.3) is 0 Å². The molecule has 1 atom stereocenters. The van der Waals surface area contributed by atoms with E-state index in [1.54, 1.807) is 7.11 Å². The smallest absolute Gasteiger partial charge is 0.222 e. The second-order valence-electron chi connectivity index (χ2n) is 6.70. The number of rotatable bonds is 8. The van der Waals surface area contributed by atoms with Gasteiger partial charge in [-0.25, -0.2) is 0 Å². The van der Waals surface area contributed by atoms with E-state index in [9.17, 15) is 4.79 Å². The molecule has 1 heterocycles. The van der Waals surface area contributed by atoms with Gasteiger partial charge in [0.05, 0.1) is 13.7 Å².